The molecule has 0 spiro atoms. The van der Waals surface area contributed by atoms with Gasteiger partial charge in [-0.25, -0.2) is 0 Å². The van der Waals surface area contributed by atoms with E-state index in [1.807, 2.05) is 0 Å². The second-order valence-corrected chi connectivity index (χ2v) is 2.69. The molecule has 1 rings (SSSR count). The van der Waals surface area contributed by atoms with Gasteiger partial charge >= 0.3 is 0 Å². The molecule has 2 heteroatoms. The Morgan fingerprint density at radius 2 is 2.29 bits per heavy atom. The van der Waals surface area contributed by atoms with Gasteiger partial charge in [0.2, 0.25) is 0 Å². The summed E-state index contributed by atoms with van der Waals surface area (Å²) in [6, 6.07) is 0. The second-order valence-electron chi connectivity index (χ2n) is 2.69. The number of hydrogen-bond donors (Lipinski definition) is 2. The van der Waals surface area contributed by atoms with Crippen LogP contribution in [0.25, 0.3) is 0 Å². The summed E-state index contributed by atoms with van der Waals surface area (Å²) in [5.41, 5.74) is 3.23. The Bertz CT molecular complexity index is 66.5. The highest BCUT2D eigenvalue weighted by molar-refractivity contribution is 4.89. The van der Waals surface area contributed by atoms with Crippen molar-refractivity contribution < 1.29 is 0 Å². The molecule has 0 radical (unpaired) electrons. The smallest absolute Gasteiger partial charge is 0.0151 e. The minimum absolute atomic E-state index is 0.564. The monoisotopic (exact) mass is 100 g/mol. The summed E-state index contributed by atoms with van der Waals surface area (Å²) in [7, 11) is 0. The van der Waals surface area contributed by atoms with Crippen LogP contribution in [0.15, 0.2) is 0 Å². The molecule has 0 heterocycles. The predicted octanol–water partition coefficient (Wildman–Crippen LogP) is 0.250. The number of rotatable bonds is 2. The number of nitrogens with two attached hydrogens (primary N) is 1. The molecule has 42 valence electrons. The SMILES string of the molecule is CC1(CNN)CC1. The molecule has 0 atom stereocenters. The zero-order valence-electron chi connectivity index (χ0n) is 4.70. The van der Waals surface area contributed by atoms with Gasteiger partial charge in [-0.1, -0.05) is 6.92 Å². The summed E-state index contributed by atoms with van der Waals surface area (Å²) in [6.07, 6.45) is 2.69. The van der Waals surface area contributed by atoms with Crippen molar-refractivity contribution in [1.29, 1.82) is 0 Å². The van der Waals surface area contributed by atoms with E-state index in [9.17, 15) is 0 Å². The van der Waals surface area contributed by atoms with Crippen molar-refractivity contribution in [2.24, 2.45) is 11.3 Å². The molecule has 1 aliphatic rings. The molecule has 0 aromatic carbocycles. The molecule has 3 N–H and O–H groups in total. The molecule has 0 aromatic rings. The molecule has 0 unspecified atom stereocenters. The van der Waals surface area contributed by atoms with E-state index < -0.39 is 0 Å². The normalized spacial score (nSPS) is 24.9. The van der Waals surface area contributed by atoms with E-state index in [0.717, 1.165) is 6.54 Å². The number of hydrogen-bond acceptors (Lipinski definition) is 2. The lowest BCUT2D eigenvalue weighted by Crippen LogP contribution is -2.28. The highest BCUT2D eigenvalue weighted by Gasteiger charge is 2.36. The van der Waals surface area contributed by atoms with Gasteiger partial charge in [0.1, 0.15) is 0 Å². The fraction of sp³-hybridized carbons (Fsp3) is 1.00. The van der Waals surface area contributed by atoms with Gasteiger partial charge in [-0.05, 0) is 18.3 Å². The van der Waals surface area contributed by atoms with Crippen LogP contribution in [0.4, 0.5) is 0 Å². The van der Waals surface area contributed by atoms with E-state index in [-0.39, 0.29) is 0 Å². The van der Waals surface area contributed by atoms with Crippen LogP contribution >= 0.6 is 0 Å². The highest BCUT2D eigenvalue weighted by Crippen LogP contribution is 2.43. The van der Waals surface area contributed by atoms with Crippen LogP contribution in [0.2, 0.25) is 0 Å². The Morgan fingerprint density at radius 3 is 2.43 bits per heavy atom. The lowest BCUT2D eigenvalue weighted by atomic mass is 10.1. The van der Waals surface area contributed by atoms with Crippen LogP contribution in [-0.2, 0) is 0 Å². The van der Waals surface area contributed by atoms with Crippen LogP contribution < -0.4 is 11.3 Å². The maximum Gasteiger partial charge on any atom is 0.0151 e. The fourth-order valence-corrected chi connectivity index (χ4v) is 0.637. The third-order valence-corrected chi connectivity index (χ3v) is 1.63. The van der Waals surface area contributed by atoms with Crippen LogP contribution in [0.3, 0.4) is 0 Å². The zero-order valence-corrected chi connectivity index (χ0v) is 4.70. The van der Waals surface area contributed by atoms with Gasteiger partial charge in [-0.15, -0.1) is 0 Å². The van der Waals surface area contributed by atoms with E-state index in [4.69, 9.17) is 5.84 Å². The average molecular weight is 100 g/mol. The molecule has 0 aromatic heterocycles. The van der Waals surface area contributed by atoms with Gasteiger partial charge in [0.15, 0.2) is 0 Å². The van der Waals surface area contributed by atoms with Gasteiger partial charge in [0, 0.05) is 6.54 Å². The first kappa shape index (κ1) is 5.06. The quantitative estimate of drug-likeness (QED) is 0.385. The van der Waals surface area contributed by atoms with Crippen molar-refractivity contribution in [2.75, 3.05) is 6.54 Å². The van der Waals surface area contributed by atoms with Crippen molar-refractivity contribution in [3.63, 3.8) is 0 Å². The summed E-state index contributed by atoms with van der Waals surface area (Å²) >= 11 is 0. The van der Waals surface area contributed by atoms with Crippen molar-refractivity contribution in [3.8, 4) is 0 Å². The minimum Gasteiger partial charge on any atom is -0.271 e. The van der Waals surface area contributed by atoms with Crippen LogP contribution in [0, 0.1) is 5.41 Å². The van der Waals surface area contributed by atoms with Crippen molar-refractivity contribution >= 4 is 0 Å². The summed E-state index contributed by atoms with van der Waals surface area (Å²) in [5, 5.41) is 0. The Kier molecular flexibility index (Phi) is 1.05. The van der Waals surface area contributed by atoms with Gasteiger partial charge in [0.25, 0.3) is 0 Å². The first-order chi connectivity index (χ1) is 3.27. The molecule has 0 amide bonds. The van der Waals surface area contributed by atoms with Gasteiger partial charge in [0.05, 0.1) is 0 Å². The topological polar surface area (TPSA) is 38.0 Å². The first-order valence-corrected chi connectivity index (χ1v) is 2.70. The summed E-state index contributed by atoms with van der Waals surface area (Å²) in [6.45, 7) is 3.22. The standard InChI is InChI=1S/C5H12N2/c1-5(2-3-5)4-7-6/h7H,2-4,6H2,1H3. The predicted molar refractivity (Wildman–Crippen MR) is 29.5 cm³/mol. The number of nitrogens with one attached hydrogen (secondary N) is 1. The Balaban J connectivity index is 2.13. The summed E-state index contributed by atoms with van der Waals surface area (Å²) < 4.78 is 0. The van der Waals surface area contributed by atoms with E-state index >= 15 is 0 Å². The molecule has 7 heavy (non-hydrogen) atoms. The molecular formula is C5H12N2. The zero-order chi connectivity index (χ0) is 5.33. The van der Waals surface area contributed by atoms with Crippen molar-refractivity contribution in [2.45, 2.75) is 19.8 Å². The maximum absolute atomic E-state index is 5.10. The lowest BCUT2D eigenvalue weighted by molar-refractivity contribution is 0.511. The van der Waals surface area contributed by atoms with E-state index in [1.54, 1.807) is 0 Å². The molecule has 0 bridgehead atoms. The highest BCUT2D eigenvalue weighted by atomic mass is 15.2. The molecule has 1 fully saturated rings. The van der Waals surface area contributed by atoms with Crippen LogP contribution in [0.5, 0.6) is 0 Å². The fourth-order valence-electron chi connectivity index (χ4n) is 0.637. The summed E-state index contributed by atoms with van der Waals surface area (Å²) in [4.78, 5) is 0. The Morgan fingerprint density at radius 1 is 1.71 bits per heavy atom. The van der Waals surface area contributed by atoms with Crippen molar-refractivity contribution in [1.82, 2.24) is 5.43 Å². The lowest BCUT2D eigenvalue weighted by Gasteiger charge is -2.03. The van der Waals surface area contributed by atoms with Gasteiger partial charge in [-0.2, -0.15) is 0 Å². The minimum atomic E-state index is 0.564. The molecule has 1 aliphatic carbocycles. The summed E-state index contributed by atoms with van der Waals surface area (Å²) in [5.74, 6) is 5.10. The third kappa shape index (κ3) is 1.14. The molecule has 2 nitrogen and oxygen atoms in total. The molecule has 0 saturated heterocycles. The first-order valence-electron chi connectivity index (χ1n) is 2.70. The number of hydrazine groups is 1. The molecular weight excluding hydrogens is 88.1 g/mol. The largest absolute Gasteiger partial charge is 0.271 e. The molecule has 1 saturated carbocycles. The van der Waals surface area contributed by atoms with Crippen LogP contribution in [-0.4, -0.2) is 6.54 Å². The van der Waals surface area contributed by atoms with Gasteiger partial charge < -0.3 is 0 Å². The van der Waals surface area contributed by atoms with Gasteiger partial charge in [-0.3, -0.25) is 11.3 Å². The van der Waals surface area contributed by atoms with Crippen molar-refractivity contribution in [3.05, 3.63) is 0 Å². The van der Waals surface area contributed by atoms with E-state index in [2.05, 4.69) is 12.3 Å². The Hall–Kier alpha value is -0.0800. The average Bonchev–Trinajstić information content (AvgIpc) is 2.22. The van der Waals surface area contributed by atoms with E-state index in [0.29, 0.717) is 5.41 Å². The van der Waals surface area contributed by atoms with Crippen LogP contribution in [0.1, 0.15) is 19.8 Å². The third-order valence-electron chi connectivity index (χ3n) is 1.63. The second kappa shape index (κ2) is 1.46. The van der Waals surface area contributed by atoms with E-state index in [1.165, 1.54) is 12.8 Å². The molecule has 0 aliphatic heterocycles. The Labute approximate surface area is 44.1 Å². The maximum atomic E-state index is 5.10.